The van der Waals surface area contributed by atoms with Gasteiger partial charge in [-0.1, -0.05) is 31.8 Å². The van der Waals surface area contributed by atoms with Crippen LogP contribution in [0.4, 0.5) is 4.39 Å². The van der Waals surface area contributed by atoms with Crippen LogP contribution in [-0.4, -0.2) is 21.5 Å². The highest BCUT2D eigenvalue weighted by atomic mass is 79.9. The van der Waals surface area contributed by atoms with Crippen LogP contribution in [0.1, 0.15) is 0 Å². The van der Waals surface area contributed by atoms with Crippen molar-refractivity contribution in [1.82, 2.24) is 0 Å². The first kappa shape index (κ1) is 16.5. The number of benzene rings is 2. The van der Waals surface area contributed by atoms with Gasteiger partial charge in [-0.15, -0.1) is 0 Å². The molecule has 2 aromatic rings. The highest BCUT2D eigenvalue weighted by Crippen LogP contribution is 2.31. The highest BCUT2D eigenvalue weighted by Gasteiger charge is 2.12. The predicted octanol–water partition coefficient (Wildman–Crippen LogP) is 5.43. The quantitative estimate of drug-likeness (QED) is 0.383. The lowest BCUT2D eigenvalue weighted by atomic mass is 10.1. The van der Waals surface area contributed by atoms with Gasteiger partial charge in [-0.2, -0.15) is 0 Å². The normalized spacial score (nSPS) is 11.9. The van der Waals surface area contributed by atoms with Crippen LogP contribution in [0.3, 0.4) is 0 Å². The van der Waals surface area contributed by atoms with Gasteiger partial charge in [0.1, 0.15) is 11.6 Å². The van der Waals surface area contributed by atoms with E-state index in [2.05, 4.69) is 35.6 Å². The van der Waals surface area contributed by atoms with E-state index in [1.807, 2.05) is 12.1 Å². The Bertz CT molecular complexity index is 625. The summed E-state index contributed by atoms with van der Waals surface area (Å²) in [6.07, 6.45) is 0. The molecule has 0 aliphatic carbocycles. The van der Waals surface area contributed by atoms with Crippen molar-refractivity contribution in [3.05, 3.63) is 40.6 Å². The summed E-state index contributed by atoms with van der Waals surface area (Å²) in [6, 6.07) is 9.72. The maximum absolute atomic E-state index is 13.8. The van der Waals surface area contributed by atoms with Crippen molar-refractivity contribution in [3.8, 4) is 5.75 Å². The summed E-state index contributed by atoms with van der Waals surface area (Å²) in [5.74, 6) is 0.435. The van der Waals surface area contributed by atoms with E-state index in [1.165, 1.54) is 6.07 Å². The first-order valence-electron chi connectivity index (χ1n) is 6.95. The zero-order valence-corrected chi connectivity index (χ0v) is 15.2. The molecule has 0 bridgehead atoms. The molecule has 0 aliphatic heterocycles. The summed E-state index contributed by atoms with van der Waals surface area (Å²) in [7, 11) is -1.07. The number of halogens is 2. The number of hydrogen-bond acceptors (Lipinski definition) is 2. The molecule has 2 nitrogen and oxygen atoms in total. The minimum Gasteiger partial charge on any atom is -0.467 e. The molecule has 0 amide bonds. The second-order valence-electron chi connectivity index (χ2n) is 6.22. The molecule has 21 heavy (non-hydrogen) atoms. The van der Waals surface area contributed by atoms with Crippen molar-refractivity contribution in [2.24, 2.45) is 0 Å². The average Bonchev–Trinajstić information content (AvgIpc) is 2.36. The van der Waals surface area contributed by atoms with Crippen LogP contribution >= 0.6 is 15.9 Å². The molecule has 5 heteroatoms. The topological polar surface area (TPSA) is 18.5 Å². The lowest BCUT2D eigenvalue weighted by Crippen LogP contribution is -2.22. The summed E-state index contributed by atoms with van der Waals surface area (Å²) in [6.45, 7) is 7.88. The molecular weight excluding hydrogens is 351 g/mol. The molecule has 0 aliphatic rings. The Hall–Kier alpha value is -0.913. The fourth-order valence-electron chi connectivity index (χ4n) is 1.94. The van der Waals surface area contributed by atoms with Gasteiger partial charge in [-0.3, -0.25) is 0 Å². The van der Waals surface area contributed by atoms with E-state index in [1.54, 1.807) is 12.1 Å². The van der Waals surface area contributed by atoms with E-state index < -0.39 is 8.07 Å². The molecule has 0 spiro atoms. The van der Waals surface area contributed by atoms with Crippen molar-refractivity contribution in [2.75, 3.05) is 13.4 Å². The third-order valence-corrected chi connectivity index (χ3v) is 5.49. The Balaban J connectivity index is 1.97. The number of ether oxygens (including phenoxy) is 2. The van der Waals surface area contributed by atoms with Crippen molar-refractivity contribution in [3.63, 3.8) is 0 Å². The first-order chi connectivity index (χ1) is 9.87. The number of rotatable bonds is 6. The van der Waals surface area contributed by atoms with Crippen LogP contribution in [-0.2, 0) is 4.74 Å². The van der Waals surface area contributed by atoms with Crippen LogP contribution < -0.4 is 4.74 Å². The molecule has 0 saturated carbocycles. The zero-order valence-electron chi connectivity index (χ0n) is 12.6. The number of fused-ring (bicyclic) bond motifs is 1. The second kappa shape index (κ2) is 6.90. The lowest BCUT2D eigenvalue weighted by Gasteiger charge is -2.15. The summed E-state index contributed by atoms with van der Waals surface area (Å²) in [5, 5.41) is 1.38. The van der Waals surface area contributed by atoms with Gasteiger partial charge in [0.15, 0.2) is 6.79 Å². The van der Waals surface area contributed by atoms with Gasteiger partial charge in [-0.05, 0) is 45.6 Å². The summed E-state index contributed by atoms with van der Waals surface area (Å²) < 4.78 is 25.5. The Labute approximate surface area is 134 Å². The summed E-state index contributed by atoms with van der Waals surface area (Å²) >= 11 is 3.39. The maximum Gasteiger partial charge on any atom is 0.189 e. The first-order valence-corrected chi connectivity index (χ1v) is 11.5. The van der Waals surface area contributed by atoms with Crippen molar-refractivity contribution in [1.29, 1.82) is 0 Å². The Morgan fingerprint density at radius 3 is 2.67 bits per heavy atom. The minimum absolute atomic E-state index is 0.220. The molecule has 2 aromatic carbocycles. The molecule has 0 saturated heterocycles. The molecule has 0 fully saturated rings. The highest BCUT2D eigenvalue weighted by molar-refractivity contribution is 9.10. The SMILES string of the molecule is C[Si](C)(C)CCOCOc1cc(Br)c2c(F)cccc2c1. The lowest BCUT2D eigenvalue weighted by molar-refractivity contribution is 0.0221. The molecule has 0 aromatic heterocycles. The Morgan fingerprint density at radius 2 is 1.95 bits per heavy atom. The van der Waals surface area contributed by atoms with Crippen LogP contribution in [0.25, 0.3) is 10.8 Å². The average molecular weight is 371 g/mol. The van der Waals surface area contributed by atoms with Gasteiger partial charge in [0, 0.05) is 24.5 Å². The monoisotopic (exact) mass is 370 g/mol. The number of hydrogen-bond donors (Lipinski definition) is 0. The molecule has 0 atom stereocenters. The van der Waals surface area contributed by atoms with Gasteiger partial charge in [-0.25, -0.2) is 4.39 Å². The molecule has 0 N–H and O–H groups in total. The van der Waals surface area contributed by atoms with Crippen LogP contribution in [0.2, 0.25) is 25.7 Å². The fourth-order valence-corrected chi connectivity index (χ4v) is 3.34. The molecule has 114 valence electrons. The van der Waals surface area contributed by atoms with E-state index in [0.29, 0.717) is 15.6 Å². The van der Waals surface area contributed by atoms with E-state index >= 15 is 0 Å². The van der Waals surface area contributed by atoms with E-state index in [-0.39, 0.29) is 12.6 Å². The third-order valence-electron chi connectivity index (χ3n) is 3.16. The second-order valence-corrected chi connectivity index (χ2v) is 12.7. The standard InChI is InChI=1S/C16H20BrFO2Si/c1-21(2,3)8-7-19-11-20-13-9-12-5-4-6-15(18)16(12)14(17)10-13/h4-6,9-10H,7-8,11H2,1-3H3. The van der Waals surface area contributed by atoms with Crippen molar-refractivity contribution >= 4 is 34.8 Å². The van der Waals surface area contributed by atoms with Gasteiger partial charge in [0.2, 0.25) is 0 Å². The third kappa shape index (κ3) is 4.80. The fraction of sp³-hybridized carbons (Fsp3) is 0.375. The summed E-state index contributed by atoms with van der Waals surface area (Å²) in [4.78, 5) is 0. The Kier molecular flexibility index (Phi) is 5.41. The van der Waals surface area contributed by atoms with Gasteiger partial charge in [0.05, 0.1) is 0 Å². The predicted molar refractivity (Wildman–Crippen MR) is 91.2 cm³/mol. The van der Waals surface area contributed by atoms with E-state index in [0.717, 1.165) is 18.0 Å². The van der Waals surface area contributed by atoms with Crippen molar-refractivity contribution < 1.29 is 13.9 Å². The van der Waals surface area contributed by atoms with Crippen LogP contribution in [0.5, 0.6) is 5.75 Å². The molecule has 0 heterocycles. The summed E-state index contributed by atoms with van der Waals surface area (Å²) in [5.41, 5.74) is 0. The van der Waals surface area contributed by atoms with Gasteiger partial charge in [0.25, 0.3) is 0 Å². The largest absolute Gasteiger partial charge is 0.467 e. The molecular formula is C16H20BrFO2Si. The van der Waals surface area contributed by atoms with Gasteiger partial charge < -0.3 is 9.47 Å². The van der Waals surface area contributed by atoms with Crippen LogP contribution in [0.15, 0.2) is 34.8 Å². The maximum atomic E-state index is 13.8. The van der Waals surface area contributed by atoms with Crippen LogP contribution in [0, 0.1) is 5.82 Å². The molecule has 0 unspecified atom stereocenters. The minimum atomic E-state index is -1.07. The molecule has 2 rings (SSSR count). The molecule has 0 radical (unpaired) electrons. The Morgan fingerprint density at radius 1 is 1.19 bits per heavy atom. The van der Waals surface area contributed by atoms with Crippen molar-refractivity contribution in [2.45, 2.75) is 25.7 Å². The smallest absolute Gasteiger partial charge is 0.189 e. The zero-order chi connectivity index (χ0) is 15.5. The van der Waals surface area contributed by atoms with Gasteiger partial charge >= 0.3 is 0 Å². The van der Waals surface area contributed by atoms with E-state index in [9.17, 15) is 4.39 Å². The van der Waals surface area contributed by atoms with E-state index in [4.69, 9.17) is 9.47 Å².